The first-order chi connectivity index (χ1) is 9.54. The van der Waals surface area contributed by atoms with Crippen LogP contribution in [-0.4, -0.2) is 17.6 Å². The third kappa shape index (κ3) is 1.83. The van der Waals surface area contributed by atoms with Crippen LogP contribution in [0.15, 0.2) is 23.1 Å². The number of ether oxygens (including phenoxy) is 1. The lowest BCUT2D eigenvalue weighted by atomic mass is 10.0. The number of aryl methyl sites for hydroxylation is 2. The lowest BCUT2D eigenvalue weighted by molar-refractivity contribution is 0.0598. The number of hydrogen-bond acceptors (Lipinski definition) is 3. The van der Waals surface area contributed by atoms with E-state index in [4.69, 9.17) is 4.74 Å². The van der Waals surface area contributed by atoms with Gasteiger partial charge in [0.05, 0.1) is 12.6 Å². The van der Waals surface area contributed by atoms with Gasteiger partial charge in [-0.1, -0.05) is 12.1 Å². The van der Waals surface area contributed by atoms with Crippen molar-refractivity contribution in [1.29, 1.82) is 0 Å². The van der Waals surface area contributed by atoms with Gasteiger partial charge in [0.2, 0.25) is 5.43 Å². The molecule has 2 aromatic rings. The third-order valence-electron chi connectivity index (χ3n) is 3.93. The Balaban J connectivity index is 2.46. The van der Waals surface area contributed by atoms with Gasteiger partial charge in [0.1, 0.15) is 5.56 Å². The lowest BCUT2D eigenvalue weighted by Crippen LogP contribution is -2.21. The summed E-state index contributed by atoms with van der Waals surface area (Å²) in [5.41, 5.74) is 2.80. The van der Waals surface area contributed by atoms with Crippen molar-refractivity contribution < 1.29 is 9.53 Å². The number of methoxy groups -OCH3 is 1. The summed E-state index contributed by atoms with van der Waals surface area (Å²) < 4.78 is 6.81. The van der Waals surface area contributed by atoms with Crippen LogP contribution >= 0.6 is 0 Å². The van der Waals surface area contributed by atoms with E-state index in [1.165, 1.54) is 7.11 Å². The molecule has 20 heavy (non-hydrogen) atoms. The third-order valence-corrected chi connectivity index (χ3v) is 3.93. The van der Waals surface area contributed by atoms with Gasteiger partial charge in [-0.3, -0.25) is 4.79 Å². The number of esters is 1. The first-order valence-corrected chi connectivity index (χ1v) is 6.78. The summed E-state index contributed by atoms with van der Waals surface area (Å²) in [5.74, 6) is -0.563. The van der Waals surface area contributed by atoms with E-state index in [-0.39, 0.29) is 11.0 Å². The van der Waals surface area contributed by atoms with Crippen molar-refractivity contribution in [1.82, 2.24) is 4.57 Å². The number of carbonyl (C=O) groups is 1. The van der Waals surface area contributed by atoms with Crippen molar-refractivity contribution in [2.75, 3.05) is 7.11 Å². The van der Waals surface area contributed by atoms with Gasteiger partial charge in [-0.2, -0.15) is 0 Å². The number of carbonyl (C=O) groups excluding carboxylic acids is 1. The van der Waals surface area contributed by atoms with Crippen LogP contribution in [0.1, 0.15) is 40.4 Å². The van der Waals surface area contributed by atoms with Gasteiger partial charge in [-0.15, -0.1) is 0 Å². The normalized spacial score (nSPS) is 14.6. The molecule has 3 rings (SSSR count). The minimum absolute atomic E-state index is 0.126. The molecule has 0 bridgehead atoms. The zero-order chi connectivity index (χ0) is 14.4. The summed E-state index contributed by atoms with van der Waals surface area (Å²) in [6.45, 7) is 3.90. The second-order valence-corrected chi connectivity index (χ2v) is 5.42. The Morgan fingerprint density at radius 2 is 1.90 bits per heavy atom. The minimum Gasteiger partial charge on any atom is -0.465 e. The smallest absolute Gasteiger partial charge is 0.343 e. The lowest BCUT2D eigenvalue weighted by Gasteiger charge is -2.15. The molecule has 0 radical (unpaired) electrons. The molecule has 4 heteroatoms. The topological polar surface area (TPSA) is 48.3 Å². The summed E-state index contributed by atoms with van der Waals surface area (Å²) >= 11 is 0. The summed E-state index contributed by atoms with van der Waals surface area (Å²) in [4.78, 5) is 24.4. The van der Waals surface area contributed by atoms with Crippen LogP contribution in [0.3, 0.4) is 0 Å². The Morgan fingerprint density at radius 1 is 1.25 bits per heavy atom. The number of benzene rings is 1. The summed E-state index contributed by atoms with van der Waals surface area (Å²) in [6.07, 6.45) is 3.85. The highest BCUT2D eigenvalue weighted by atomic mass is 16.5. The molecule has 4 nitrogen and oxygen atoms in total. The van der Waals surface area contributed by atoms with Crippen LogP contribution in [0.25, 0.3) is 10.9 Å². The molecule has 104 valence electrons. The molecular weight excluding hydrogens is 254 g/mol. The largest absolute Gasteiger partial charge is 0.465 e. The summed E-state index contributed by atoms with van der Waals surface area (Å²) in [7, 11) is 1.30. The Morgan fingerprint density at radius 3 is 2.50 bits per heavy atom. The molecule has 1 aromatic heterocycles. The molecule has 0 amide bonds. The van der Waals surface area contributed by atoms with Gasteiger partial charge in [0.15, 0.2) is 0 Å². The quantitative estimate of drug-likeness (QED) is 0.789. The maximum Gasteiger partial charge on any atom is 0.343 e. The van der Waals surface area contributed by atoms with E-state index in [1.807, 2.05) is 26.0 Å². The number of pyridine rings is 1. The molecule has 1 aliphatic rings. The van der Waals surface area contributed by atoms with Crippen molar-refractivity contribution >= 4 is 16.9 Å². The van der Waals surface area contributed by atoms with Crippen molar-refractivity contribution in [3.8, 4) is 0 Å². The van der Waals surface area contributed by atoms with E-state index in [0.29, 0.717) is 11.4 Å². The number of nitrogens with zero attached hydrogens (tertiary/aromatic N) is 1. The SMILES string of the molecule is COC(=O)c1cn(C2CC2)c2c(C)ccc(C)c2c1=O. The predicted molar refractivity (Wildman–Crippen MR) is 77.3 cm³/mol. The fraction of sp³-hybridized carbons (Fsp3) is 0.375. The fourth-order valence-electron chi connectivity index (χ4n) is 2.71. The van der Waals surface area contributed by atoms with Crippen molar-refractivity contribution in [3.05, 3.63) is 45.2 Å². The predicted octanol–water partition coefficient (Wildman–Crippen LogP) is 2.74. The monoisotopic (exact) mass is 271 g/mol. The van der Waals surface area contributed by atoms with E-state index in [9.17, 15) is 9.59 Å². The highest BCUT2D eigenvalue weighted by Gasteiger charge is 2.28. The van der Waals surface area contributed by atoms with Crippen LogP contribution in [-0.2, 0) is 4.74 Å². The van der Waals surface area contributed by atoms with E-state index < -0.39 is 5.97 Å². The van der Waals surface area contributed by atoms with Gasteiger partial charge < -0.3 is 9.30 Å². The van der Waals surface area contributed by atoms with Crippen molar-refractivity contribution in [2.45, 2.75) is 32.7 Å². The molecule has 0 aliphatic heterocycles. The van der Waals surface area contributed by atoms with Gasteiger partial charge in [0, 0.05) is 17.6 Å². The zero-order valence-corrected chi connectivity index (χ0v) is 11.9. The van der Waals surface area contributed by atoms with Gasteiger partial charge in [0.25, 0.3) is 0 Å². The standard InChI is InChI=1S/C16H17NO3/c1-9-4-5-10(2)14-13(9)15(18)12(16(19)20-3)8-17(14)11-6-7-11/h4-5,8,11H,6-7H2,1-3H3. The average Bonchev–Trinajstić information content (AvgIpc) is 3.26. The molecule has 0 spiro atoms. The Bertz CT molecular complexity index is 769. The first-order valence-electron chi connectivity index (χ1n) is 6.78. The van der Waals surface area contributed by atoms with Crippen LogP contribution in [0.2, 0.25) is 0 Å². The molecule has 0 saturated heterocycles. The van der Waals surface area contributed by atoms with Crippen LogP contribution in [0, 0.1) is 13.8 Å². The highest BCUT2D eigenvalue weighted by molar-refractivity contribution is 5.95. The average molecular weight is 271 g/mol. The van der Waals surface area contributed by atoms with E-state index in [1.54, 1.807) is 6.20 Å². The number of fused-ring (bicyclic) bond motifs is 1. The van der Waals surface area contributed by atoms with Gasteiger partial charge >= 0.3 is 5.97 Å². The molecule has 1 saturated carbocycles. The second kappa shape index (κ2) is 4.47. The molecule has 1 aromatic carbocycles. The first kappa shape index (κ1) is 12.9. The van der Waals surface area contributed by atoms with Crippen molar-refractivity contribution in [2.24, 2.45) is 0 Å². The Hall–Kier alpha value is -2.10. The van der Waals surface area contributed by atoms with E-state index in [0.717, 1.165) is 29.5 Å². The van der Waals surface area contributed by atoms with E-state index >= 15 is 0 Å². The number of rotatable bonds is 2. The zero-order valence-electron chi connectivity index (χ0n) is 11.9. The fourth-order valence-corrected chi connectivity index (χ4v) is 2.71. The summed E-state index contributed by atoms with van der Waals surface area (Å²) in [6, 6.07) is 4.34. The van der Waals surface area contributed by atoms with Gasteiger partial charge in [-0.05, 0) is 37.8 Å². The van der Waals surface area contributed by atoms with Crippen LogP contribution in [0.5, 0.6) is 0 Å². The Labute approximate surface area is 117 Å². The molecule has 1 fully saturated rings. The Kier molecular flexibility index (Phi) is 2.89. The molecule has 1 aliphatic carbocycles. The highest BCUT2D eigenvalue weighted by Crippen LogP contribution is 2.38. The van der Waals surface area contributed by atoms with Crippen LogP contribution in [0.4, 0.5) is 0 Å². The minimum atomic E-state index is -0.563. The molecule has 0 unspecified atom stereocenters. The second-order valence-electron chi connectivity index (χ2n) is 5.42. The maximum atomic E-state index is 12.6. The van der Waals surface area contributed by atoms with E-state index in [2.05, 4.69) is 4.57 Å². The molecule has 1 heterocycles. The number of hydrogen-bond donors (Lipinski definition) is 0. The number of aromatic nitrogens is 1. The summed E-state index contributed by atoms with van der Waals surface area (Å²) in [5, 5.41) is 0.639. The maximum absolute atomic E-state index is 12.6. The molecular formula is C16H17NO3. The molecule has 0 atom stereocenters. The van der Waals surface area contributed by atoms with Crippen LogP contribution < -0.4 is 5.43 Å². The van der Waals surface area contributed by atoms with Gasteiger partial charge in [-0.25, -0.2) is 4.79 Å². The van der Waals surface area contributed by atoms with Crippen molar-refractivity contribution in [3.63, 3.8) is 0 Å². The molecule has 0 N–H and O–H groups in total.